The van der Waals surface area contributed by atoms with Crippen LogP contribution in [-0.2, 0) is 21.3 Å². The molecule has 0 aromatic carbocycles. The molecule has 2 fully saturated rings. The number of methoxy groups -OCH3 is 2. The number of hydrogen-bond acceptors (Lipinski definition) is 5. The van der Waals surface area contributed by atoms with Crippen molar-refractivity contribution in [3.8, 4) is 0 Å². The summed E-state index contributed by atoms with van der Waals surface area (Å²) in [6.45, 7) is 2.05. The van der Waals surface area contributed by atoms with Crippen molar-refractivity contribution in [2.24, 2.45) is 13.0 Å². The van der Waals surface area contributed by atoms with E-state index in [0.29, 0.717) is 31.7 Å². The largest absolute Gasteiger partial charge is 0.383 e. The van der Waals surface area contributed by atoms with E-state index in [1.165, 1.54) is 0 Å². The molecule has 26 heavy (non-hydrogen) atoms. The standard InChI is InChI=1S/C19H32N4O3/c1-22-13-15(12-21-22)19-14(10-18(24)23(19)8-9-25-2)11-20-16-4-6-17(26-3)7-5-16/h12-14,16-17,19-20H,4-11H2,1-3H3/t14-,16?,17?,19+/m0/s1. The van der Waals surface area contributed by atoms with Gasteiger partial charge in [-0.3, -0.25) is 9.48 Å². The minimum absolute atomic E-state index is 0.0779. The summed E-state index contributed by atoms with van der Waals surface area (Å²) in [5.74, 6) is 0.481. The smallest absolute Gasteiger partial charge is 0.223 e. The number of aryl methyl sites for hydroxylation is 1. The zero-order valence-corrected chi connectivity index (χ0v) is 16.2. The van der Waals surface area contributed by atoms with Gasteiger partial charge in [0, 0.05) is 64.5 Å². The molecule has 7 heteroatoms. The molecule has 2 heterocycles. The Morgan fingerprint density at radius 1 is 1.27 bits per heavy atom. The highest BCUT2D eigenvalue weighted by Crippen LogP contribution is 2.37. The molecular formula is C19H32N4O3. The van der Waals surface area contributed by atoms with E-state index in [4.69, 9.17) is 9.47 Å². The Labute approximate surface area is 156 Å². The molecule has 1 N–H and O–H groups in total. The van der Waals surface area contributed by atoms with Gasteiger partial charge in [-0.25, -0.2) is 0 Å². The number of aromatic nitrogens is 2. The average Bonchev–Trinajstić information content (AvgIpc) is 3.21. The number of ether oxygens (including phenoxy) is 2. The number of amides is 1. The van der Waals surface area contributed by atoms with Gasteiger partial charge >= 0.3 is 0 Å². The summed E-state index contributed by atoms with van der Waals surface area (Å²) >= 11 is 0. The zero-order chi connectivity index (χ0) is 18.5. The third-order valence-electron chi connectivity index (χ3n) is 5.82. The summed E-state index contributed by atoms with van der Waals surface area (Å²) in [6, 6.07) is 0.605. The molecule has 1 aliphatic carbocycles. The van der Waals surface area contributed by atoms with Crippen LogP contribution in [0.15, 0.2) is 12.4 Å². The monoisotopic (exact) mass is 364 g/mol. The quantitative estimate of drug-likeness (QED) is 0.757. The van der Waals surface area contributed by atoms with Crippen molar-refractivity contribution >= 4 is 5.91 Å². The minimum Gasteiger partial charge on any atom is -0.383 e. The molecule has 1 aromatic rings. The third-order valence-corrected chi connectivity index (χ3v) is 5.82. The highest BCUT2D eigenvalue weighted by molar-refractivity contribution is 5.79. The lowest BCUT2D eigenvalue weighted by Gasteiger charge is -2.31. The third kappa shape index (κ3) is 4.45. The van der Waals surface area contributed by atoms with Crippen LogP contribution in [0.1, 0.15) is 43.7 Å². The topological polar surface area (TPSA) is 68.6 Å². The number of rotatable bonds is 8. The van der Waals surface area contributed by atoms with Crippen molar-refractivity contribution in [2.75, 3.05) is 33.9 Å². The predicted molar refractivity (Wildman–Crippen MR) is 98.7 cm³/mol. The van der Waals surface area contributed by atoms with Crippen LogP contribution in [0.5, 0.6) is 0 Å². The molecule has 1 aromatic heterocycles. The number of carbonyl (C=O) groups excluding carboxylic acids is 1. The molecule has 1 saturated heterocycles. The van der Waals surface area contributed by atoms with Gasteiger partial charge in [0.15, 0.2) is 0 Å². The lowest BCUT2D eigenvalue weighted by atomic mass is 9.91. The van der Waals surface area contributed by atoms with Crippen LogP contribution < -0.4 is 5.32 Å². The highest BCUT2D eigenvalue weighted by Gasteiger charge is 2.41. The second kappa shape index (κ2) is 8.97. The fourth-order valence-electron chi connectivity index (χ4n) is 4.37. The molecule has 146 valence electrons. The Hall–Kier alpha value is -1.44. The maximum Gasteiger partial charge on any atom is 0.223 e. The van der Waals surface area contributed by atoms with E-state index in [-0.39, 0.29) is 17.9 Å². The summed E-state index contributed by atoms with van der Waals surface area (Å²) < 4.78 is 12.5. The minimum atomic E-state index is 0.0779. The van der Waals surface area contributed by atoms with E-state index >= 15 is 0 Å². The summed E-state index contributed by atoms with van der Waals surface area (Å²) in [5, 5.41) is 8.04. The van der Waals surface area contributed by atoms with Gasteiger partial charge in [0.1, 0.15) is 0 Å². The maximum absolute atomic E-state index is 12.6. The number of carbonyl (C=O) groups is 1. The summed E-state index contributed by atoms with van der Waals surface area (Å²) in [4.78, 5) is 14.6. The number of hydrogen-bond donors (Lipinski definition) is 1. The normalized spacial score (nSPS) is 29.5. The molecule has 0 unspecified atom stereocenters. The van der Waals surface area contributed by atoms with Gasteiger partial charge < -0.3 is 19.7 Å². The molecule has 0 bridgehead atoms. The van der Waals surface area contributed by atoms with Crippen molar-refractivity contribution in [3.05, 3.63) is 18.0 Å². The second-order valence-electron chi connectivity index (χ2n) is 7.55. The molecule has 7 nitrogen and oxygen atoms in total. The molecular weight excluding hydrogens is 332 g/mol. The van der Waals surface area contributed by atoms with E-state index in [0.717, 1.165) is 37.8 Å². The summed E-state index contributed by atoms with van der Waals surface area (Å²) in [6.07, 6.45) is 9.43. The first-order valence-electron chi connectivity index (χ1n) is 9.65. The Morgan fingerprint density at radius 3 is 2.65 bits per heavy atom. The maximum atomic E-state index is 12.6. The van der Waals surface area contributed by atoms with Crippen LogP contribution in [0.4, 0.5) is 0 Å². The van der Waals surface area contributed by atoms with E-state index in [1.807, 2.05) is 29.0 Å². The Balaban J connectivity index is 1.63. The average molecular weight is 364 g/mol. The van der Waals surface area contributed by atoms with Gasteiger partial charge in [0.05, 0.1) is 24.9 Å². The van der Waals surface area contributed by atoms with Crippen LogP contribution >= 0.6 is 0 Å². The molecule has 1 aliphatic heterocycles. The van der Waals surface area contributed by atoms with Gasteiger partial charge in [0.25, 0.3) is 0 Å². The molecule has 3 rings (SSSR count). The van der Waals surface area contributed by atoms with Crippen LogP contribution in [0, 0.1) is 5.92 Å². The number of likely N-dealkylation sites (tertiary alicyclic amines) is 1. The van der Waals surface area contributed by atoms with Gasteiger partial charge in [-0.2, -0.15) is 5.10 Å². The second-order valence-corrected chi connectivity index (χ2v) is 7.55. The van der Waals surface area contributed by atoms with Crippen molar-refractivity contribution in [2.45, 2.75) is 50.3 Å². The van der Waals surface area contributed by atoms with Crippen molar-refractivity contribution < 1.29 is 14.3 Å². The van der Waals surface area contributed by atoms with Gasteiger partial charge in [0.2, 0.25) is 5.91 Å². The van der Waals surface area contributed by atoms with E-state index in [9.17, 15) is 4.79 Å². The van der Waals surface area contributed by atoms with E-state index in [1.54, 1.807) is 14.2 Å². The molecule has 0 radical (unpaired) electrons. The Kier molecular flexibility index (Phi) is 6.67. The first-order chi connectivity index (χ1) is 12.6. The lowest BCUT2D eigenvalue weighted by molar-refractivity contribution is -0.129. The molecule has 2 aliphatic rings. The van der Waals surface area contributed by atoms with Crippen molar-refractivity contribution in [3.63, 3.8) is 0 Å². The number of nitrogens with one attached hydrogen (secondary N) is 1. The number of nitrogens with zero attached hydrogens (tertiary/aromatic N) is 3. The van der Waals surface area contributed by atoms with E-state index in [2.05, 4.69) is 10.4 Å². The summed E-state index contributed by atoms with van der Waals surface area (Å²) in [5.41, 5.74) is 1.12. The lowest BCUT2D eigenvalue weighted by Crippen LogP contribution is -2.39. The predicted octanol–water partition coefficient (Wildman–Crippen LogP) is 1.50. The van der Waals surface area contributed by atoms with Crippen LogP contribution in [0.2, 0.25) is 0 Å². The van der Waals surface area contributed by atoms with Crippen LogP contribution in [0.25, 0.3) is 0 Å². The molecule has 1 amide bonds. The molecule has 1 saturated carbocycles. The highest BCUT2D eigenvalue weighted by atomic mass is 16.5. The summed E-state index contributed by atoms with van der Waals surface area (Å²) in [7, 11) is 5.39. The van der Waals surface area contributed by atoms with Gasteiger partial charge in [-0.15, -0.1) is 0 Å². The SMILES string of the molecule is COCCN1C(=O)C[C@@H](CNC2CCC(OC)CC2)[C@@H]1c1cnn(C)c1. The fourth-order valence-corrected chi connectivity index (χ4v) is 4.37. The first-order valence-corrected chi connectivity index (χ1v) is 9.65. The molecule has 0 spiro atoms. The Morgan fingerprint density at radius 2 is 2.04 bits per heavy atom. The first kappa shape index (κ1) is 19.3. The van der Waals surface area contributed by atoms with Crippen LogP contribution in [0.3, 0.4) is 0 Å². The van der Waals surface area contributed by atoms with Gasteiger partial charge in [-0.05, 0) is 25.7 Å². The zero-order valence-electron chi connectivity index (χ0n) is 16.2. The van der Waals surface area contributed by atoms with Crippen LogP contribution in [-0.4, -0.2) is 66.6 Å². The molecule has 2 atom stereocenters. The Bertz CT molecular complexity index is 583. The van der Waals surface area contributed by atoms with Gasteiger partial charge in [-0.1, -0.05) is 0 Å². The van der Waals surface area contributed by atoms with Crippen molar-refractivity contribution in [1.29, 1.82) is 0 Å². The van der Waals surface area contributed by atoms with E-state index < -0.39 is 0 Å². The fraction of sp³-hybridized carbons (Fsp3) is 0.789. The van der Waals surface area contributed by atoms with Crippen molar-refractivity contribution in [1.82, 2.24) is 20.0 Å².